The molecule has 21 heavy (non-hydrogen) atoms. The topological polar surface area (TPSA) is 55.8 Å². The van der Waals surface area contributed by atoms with E-state index in [2.05, 4.69) is 13.8 Å². The van der Waals surface area contributed by atoms with E-state index in [9.17, 15) is 8.42 Å². The zero-order chi connectivity index (χ0) is 15.0. The Balaban J connectivity index is 1.91. The summed E-state index contributed by atoms with van der Waals surface area (Å²) >= 11 is 0. The van der Waals surface area contributed by atoms with Crippen molar-refractivity contribution in [2.45, 2.75) is 25.2 Å². The van der Waals surface area contributed by atoms with Crippen LogP contribution in [-0.4, -0.2) is 39.0 Å². The van der Waals surface area contributed by atoms with Crippen LogP contribution in [0.5, 0.6) is 11.5 Å². The summed E-state index contributed by atoms with van der Waals surface area (Å²) in [6, 6.07) is 4.86. The molecule has 0 aromatic heterocycles. The maximum Gasteiger partial charge on any atom is 0.243 e. The number of nitrogens with zero attached hydrogens (tertiary/aromatic N) is 1. The van der Waals surface area contributed by atoms with Crippen molar-refractivity contribution in [3.05, 3.63) is 18.2 Å². The molecule has 2 atom stereocenters. The van der Waals surface area contributed by atoms with Gasteiger partial charge in [0.25, 0.3) is 0 Å². The predicted octanol–water partition coefficient (Wildman–Crippen LogP) is 2.12. The van der Waals surface area contributed by atoms with E-state index >= 15 is 0 Å². The highest BCUT2D eigenvalue weighted by Gasteiger charge is 2.32. The smallest absolute Gasteiger partial charge is 0.243 e. The Hall–Kier alpha value is -1.27. The molecule has 1 saturated heterocycles. The Morgan fingerprint density at radius 1 is 1.05 bits per heavy atom. The summed E-state index contributed by atoms with van der Waals surface area (Å²) in [4.78, 5) is 0.285. The summed E-state index contributed by atoms with van der Waals surface area (Å²) in [6.07, 6.45) is 1.08. The van der Waals surface area contributed by atoms with Crippen LogP contribution in [0.4, 0.5) is 0 Å². The summed E-state index contributed by atoms with van der Waals surface area (Å²) in [5.41, 5.74) is 0. The molecule has 1 fully saturated rings. The summed E-state index contributed by atoms with van der Waals surface area (Å²) < 4.78 is 38.1. The molecule has 1 aromatic rings. The number of ether oxygens (including phenoxy) is 2. The summed E-state index contributed by atoms with van der Waals surface area (Å²) in [7, 11) is -3.46. The van der Waals surface area contributed by atoms with Crippen molar-refractivity contribution in [3.63, 3.8) is 0 Å². The maximum absolute atomic E-state index is 12.8. The van der Waals surface area contributed by atoms with Crippen LogP contribution in [0.3, 0.4) is 0 Å². The van der Waals surface area contributed by atoms with Crippen molar-refractivity contribution >= 4 is 10.0 Å². The second kappa shape index (κ2) is 5.50. The number of hydrogen-bond donors (Lipinski definition) is 0. The van der Waals surface area contributed by atoms with E-state index in [4.69, 9.17) is 9.47 Å². The van der Waals surface area contributed by atoms with Gasteiger partial charge in [-0.2, -0.15) is 4.31 Å². The Bertz CT molecular complexity index is 619. The average molecular weight is 311 g/mol. The lowest BCUT2D eigenvalue weighted by Gasteiger charge is -2.34. The maximum atomic E-state index is 12.8. The van der Waals surface area contributed by atoms with E-state index in [1.54, 1.807) is 22.5 Å². The van der Waals surface area contributed by atoms with Crippen LogP contribution in [-0.2, 0) is 10.0 Å². The summed E-state index contributed by atoms with van der Waals surface area (Å²) in [5, 5.41) is 0. The van der Waals surface area contributed by atoms with Gasteiger partial charge in [-0.3, -0.25) is 0 Å². The molecule has 5 nitrogen and oxygen atoms in total. The first-order valence-electron chi connectivity index (χ1n) is 7.36. The molecule has 0 spiro atoms. The van der Waals surface area contributed by atoms with Gasteiger partial charge in [-0.1, -0.05) is 13.8 Å². The number of hydrogen-bond acceptors (Lipinski definition) is 4. The zero-order valence-electron chi connectivity index (χ0n) is 12.4. The monoisotopic (exact) mass is 311 g/mol. The lowest BCUT2D eigenvalue weighted by atomic mass is 9.94. The third kappa shape index (κ3) is 2.87. The highest BCUT2D eigenvalue weighted by atomic mass is 32.2. The first kappa shape index (κ1) is 14.7. The highest BCUT2D eigenvalue weighted by molar-refractivity contribution is 7.89. The molecule has 0 aliphatic carbocycles. The molecular formula is C15H21NO4S. The summed E-state index contributed by atoms with van der Waals surface area (Å²) in [5.74, 6) is 1.91. The lowest BCUT2D eigenvalue weighted by Crippen LogP contribution is -2.42. The Kier molecular flexibility index (Phi) is 3.84. The SMILES string of the molecule is C[C@@H]1C[C@H](C)CN(S(=O)(=O)c2ccc3c(c2)OCCO3)C1. The van der Waals surface area contributed by atoms with E-state index in [0.717, 1.165) is 6.42 Å². The van der Waals surface area contributed by atoms with Crippen molar-refractivity contribution in [2.24, 2.45) is 11.8 Å². The number of sulfonamides is 1. The predicted molar refractivity (Wildman–Crippen MR) is 79.1 cm³/mol. The number of piperidine rings is 1. The van der Waals surface area contributed by atoms with Gasteiger partial charge in [0.1, 0.15) is 13.2 Å². The molecule has 2 heterocycles. The van der Waals surface area contributed by atoms with Gasteiger partial charge >= 0.3 is 0 Å². The average Bonchev–Trinajstić information content (AvgIpc) is 2.45. The van der Waals surface area contributed by atoms with E-state index in [1.807, 2.05) is 0 Å². The third-order valence-electron chi connectivity index (χ3n) is 3.99. The minimum absolute atomic E-state index is 0.285. The molecule has 1 aromatic carbocycles. The Labute approximate surface area is 125 Å². The van der Waals surface area contributed by atoms with Gasteiger partial charge in [0.2, 0.25) is 10.0 Å². The van der Waals surface area contributed by atoms with Crippen LogP contribution in [0.15, 0.2) is 23.1 Å². The first-order chi connectivity index (χ1) is 9.96. The van der Waals surface area contributed by atoms with Gasteiger partial charge < -0.3 is 9.47 Å². The van der Waals surface area contributed by atoms with Crippen molar-refractivity contribution in [2.75, 3.05) is 26.3 Å². The standard InChI is InChI=1S/C15H21NO4S/c1-11-7-12(2)10-16(9-11)21(17,18)13-3-4-14-15(8-13)20-6-5-19-14/h3-4,8,11-12H,5-7,9-10H2,1-2H3/t11-,12+. The Morgan fingerprint density at radius 2 is 1.67 bits per heavy atom. The van der Waals surface area contributed by atoms with Crippen molar-refractivity contribution in [1.82, 2.24) is 4.31 Å². The molecule has 0 unspecified atom stereocenters. The van der Waals surface area contributed by atoms with Gasteiger partial charge in [-0.15, -0.1) is 0 Å². The van der Waals surface area contributed by atoms with Gasteiger partial charge in [-0.05, 0) is 30.4 Å². The Morgan fingerprint density at radius 3 is 2.33 bits per heavy atom. The fourth-order valence-electron chi connectivity index (χ4n) is 3.14. The minimum Gasteiger partial charge on any atom is -0.486 e. The molecule has 6 heteroatoms. The minimum atomic E-state index is -3.46. The van der Waals surface area contributed by atoms with Crippen molar-refractivity contribution in [1.29, 1.82) is 0 Å². The molecule has 0 bridgehead atoms. The molecule has 0 N–H and O–H groups in total. The second-order valence-corrected chi connectivity index (χ2v) is 8.01. The van der Waals surface area contributed by atoms with Crippen LogP contribution in [0.25, 0.3) is 0 Å². The van der Waals surface area contributed by atoms with E-state index in [0.29, 0.717) is 49.6 Å². The molecule has 0 radical (unpaired) electrons. The molecule has 2 aliphatic rings. The second-order valence-electron chi connectivity index (χ2n) is 6.07. The van der Waals surface area contributed by atoms with Gasteiger partial charge in [-0.25, -0.2) is 8.42 Å². The first-order valence-corrected chi connectivity index (χ1v) is 8.80. The van der Waals surface area contributed by atoms with Crippen LogP contribution in [0, 0.1) is 11.8 Å². The van der Waals surface area contributed by atoms with Gasteiger partial charge in [0.05, 0.1) is 4.90 Å². The lowest BCUT2D eigenvalue weighted by molar-refractivity contribution is 0.171. The normalized spacial score (nSPS) is 26.6. The molecule has 116 valence electrons. The van der Waals surface area contributed by atoms with E-state index in [-0.39, 0.29) is 4.90 Å². The highest BCUT2D eigenvalue weighted by Crippen LogP contribution is 2.34. The van der Waals surface area contributed by atoms with Crippen molar-refractivity contribution < 1.29 is 17.9 Å². The molecule has 3 rings (SSSR count). The summed E-state index contributed by atoms with van der Waals surface area (Å²) in [6.45, 7) is 6.32. The molecule has 2 aliphatic heterocycles. The fourth-order valence-corrected chi connectivity index (χ4v) is 4.83. The molecular weight excluding hydrogens is 290 g/mol. The van der Waals surface area contributed by atoms with E-state index < -0.39 is 10.0 Å². The zero-order valence-corrected chi connectivity index (χ0v) is 13.2. The fraction of sp³-hybridized carbons (Fsp3) is 0.600. The number of rotatable bonds is 2. The van der Waals surface area contributed by atoms with Gasteiger partial charge in [0.15, 0.2) is 11.5 Å². The molecule has 0 amide bonds. The number of benzene rings is 1. The number of fused-ring (bicyclic) bond motifs is 1. The van der Waals surface area contributed by atoms with Crippen molar-refractivity contribution in [3.8, 4) is 11.5 Å². The van der Waals surface area contributed by atoms with Gasteiger partial charge in [0, 0.05) is 19.2 Å². The van der Waals surface area contributed by atoms with Crippen LogP contribution in [0.1, 0.15) is 20.3 Å². The van der Waals surface area contributed by atoms with Crippen LogP contribution < -0.4 is 9.47 Å². The molecule has 0 saturated carbocycles. The quantitative estimate of drug-likeness (QED) is 0.839. The van der Waals surface area contributed by atoms with Crippen LogP contribution in [0.2, 0.25) is 0 Å². The third-order valence-corrected chi connectivity index (χ3v) is 5.81. The largest absolute Gasteiger partial charge is 0.486 e. The van der Waals surface area contributed by atoms with E-state index in [1.165, 1.54) is 0 Å². The van der Waals surface area contributed by atoms with Crippen LogP contribution >= 0.6 is 0 Å².